The molecular weight excluding hydrogens is 478 g/mol. The lowest BCUT2D eigenvalue weighted by Gasteiger charge is -2.14. The van der Waals surface area contributed by atoms with Crippen molar-refractivity contribution in [2.75, 3.05) is 13.7 Å². The van der Waals surface area contributed by atoms with E-state index in [-0.39, 0.29) is 11.1 Å². The SMILES string of the molecule is CCCN1C(=O)S/C(=C/c2cc(Br)c(OCc3ccc(Cl)cc3)c(OC)c2)C1=O. The van der Waals surface area contributed by atoms with Gasteiger partial charge in [-0.2, -0.15) is 0 Å². The smallest absolute Gasteiger partial charge is 0.293 e. The fourth-order valence-electron chi connectivity index (χ4n) is 2.77. The minimum atomic E-state index is -0.264. The molecule has 3 rings (SSSR count). The van der Waals surface area contributed by atoms with Crippen LogP contribution in [-0.4, -0.2) is 29.7 Å². The number of amides is 2. The van der Waals surface area contributed by atoms with Crippen molar-refractivity contribution < 1.29 is 19.1 Å². The molecular formula is C21H19BrClNO4S. The lowest BCUT2D eigenvalue weighted by Crippen LogP contribution is -2.28. The van der Waals surface area contributed by atoms with Crippen molar-refractivity contribution in [1.29, 1.82) is 0 Å². The molecule has 0 atom stereocenters. The zero-order valence-electron chi connectivity index (χ0n) is 15.9. The van der Waals surface area contributed by atoms with Crippen LogP contribution in [0, 0.1) is 0 Å². The van der Waals surface area contributed by atoms with Gasteiger partial charge in [-0.25, -0.2) is 0 Å². The number of carbonyl (C=O) groups excluding carboxylic acids is 2. The topological polar surface area (TPSA) is 55.8 Å². The van der Waals surface area contributed by atoms with E-state index in [1.165, 1.54) is 4.90 Å². The minimum absolute atomic E-state index is 0.239. The summed E-state index contributed by atoms with van der Waals surface area (Å²) >= 11 is 10.4. The molecule has 2 aromatic carbocycles. The molecule has 29 heavy (non-hydrogen) atoms. The molecule has 0 N–H and O–H groups in total. The first-order chi connectivity index (χ1) is 13.9. The quantitative estimate of drug-likeness (QED) is 0.431. The fraction of sp³-hybridized carbons (Fsp3) is 0.238. The van der Waals surface area contributed by atoms with E-state index in [1.54, 1.807) is 31.4 Å². The molecule has 2 aromatic rings. The van der Waals surface area contributed by atoms with E-state index in [0.29, 0.717) is 39.1 Å². The van der Waals surface area contributed by atoms with Crippen molar-refractivity contribution >= 4 is 56.5 Å². The largest absolute Gasteiger partial charge is 0.493 e. The third-order valence-electron chi connectivity index (χ3n) is 4.17. The average molecular weight is 497 g/mol. The fourth-order valence-corrected chi connectivity index (χ4v) is 4.33. The van der Waals surface area contributed by atoms with E-state index in [9.17, 15) is 9.59 Å². The normalized spacial score (nSPS) is 15.3. The first-order valence-corrected chi connectivity index (χ1v) is 10.9. The van der Waals surface area contributed by atoms with Gasteiger partial charge in [0.05, 0.1) is 16.5 Å². The predicted molar refractivity (Wildman–Crippen MR) is 119 cm³/mol. The highest BCUT2D eigenvalue weighted by Crippen LogP contribution is 2.39. The van der Waals surface area contributed by atoms with E-state index < -0.39 is 0 Å². The van der Waals surface area contributed by atoms with Gasteiger partial charge >= 0.3 is 0 Å². The highest BCUT2D eigenvalue weighted by Gasteiger charge is 2.34. The Morgan fingerprint density at radius 2 is 1.93 bits per heavy atom. The average Bonchev–Trinajstić information content (AvgIpc) is 2.96. The molecule has 1 heterocycles. The molecule has 1 aliphatic heterocycles. The third kappa shape index (κ3) is 5.15. The van der Waals surface area contributed by atoms with Crippen LogP contribution in [0.1, 0.15) is 24.5 Å². The zero-order valence-corrected chi connectivity index (χ0v) is 19.1. The summed E-state index contributed by atoms with van der Waals surface area (Å²) in [5.74, 6) is 0.811. The highest BCUT2D eigenvalue weighted by molar-refractivity contribution is 9.10. The van der Waals surface area contributed by atoms with Crippen LogP contribution in [0.4, 0.5) is 4.79 Å². The Balaban J connectivity index is 1.82. The number of imide groups is 1. The molecule has 2 amide bonds. The van der Waals surface area contributed by atoms with Gasteiger partial charge in [0, 0.05) is 11.6 Å². The molecule has 0 bridgehead atoms. The van der Waals surface area contributed by atoms with Crippen molar-refractivity contribution in [2.24, 2.45) is 0 Å². The van der Waals surface area contributed by atoms with Gasteiger partial charge in [-0.3, -0.25) is 14.5 Å². The summed E-state index contributed by atoms with van der Waals surface area (Å²) in [4.78, 5) is 26.1. The van der Waals surface area contributed by atoms with Crippen molar-refractivity contribution in [3.8, 4) is 11.5 Å². The Labute approximate surface area is 187 Å². The standard InChI is InChI=1S/C21H19BrClNO4S/c1-3-8-24-20(25)18(29-21(24)26)11-14-9-16(22)19(17(10-14)27-2)28-12-13-4-6-15(23)7-5-13/h4-7,9-11H,3,8,12H2,1-2H3/b18-11+. The number of hydrogen-bond donors (Lipinski definition) is 0. The maximum Gasteiger partial charge on any atom is 0.293 e. The Hall–Kier alpha value is -1.96. The van der Waals surface area contributed by atoms with Crippen LogP contribution in [-0.2, 0) is 11.4 Å². The number of thioether (sulfide) groups is 1. The summed E-state index contributed by atoms with van der Waals surface area (Å²) in [6.07, 6.45) is 2.42. The van der Waals surface area contributed by atoms with E-state index in [1.807, 2.05) is 25.1 Å². The lowest BCUT2D eigenvalue weighted by atomic mass is 10.1. The number of halogens is 2. The lowest BCUT2D eigenvalue weighted by molar-refractivity contribution is -0.122. The molecule has 1 aliphatic rings. The van der Waals surface area contributed by atoms with E-state index >= 15 is 0 Å². The van der Waals surface area contributed by atoms with Gasteiger partial charge in [0.2, 0.25) is 0 Å². The van der Waals surface area contributed by atoms with E-state index in [0.717, 1.165) is 29.3 Å². The van der Waals surface area contributed by atoms with Gasteiger partial charge < -0.3 is 9.47 Å². The Morgan fingerprint density at radius 1 is 1.21 bits per heavy atom. The van der Waals surface area contributed by atoms with Crippen LogP contribution < -0.4 is 9.47 Å². The number of hydrogen-bond acceptors (Lipinski definition) is 5. The van der Waals surface area contributed by atoms with Gasteiger partial charge in [0.15, 0.2) is 11.5 Å². The molecule has 5 nitrogen and oxygen atoms in total. The van der Waals surface area contributed by atoms with Gasteiger partial charge in [-0.05, 0) is 75.6 Å². The number of carbonyl (C=O) groups is 2. The van der Waals surface area contributed by atoms with Crippen LogP contribution in [0.25, 0.3) is 6.08 Å². The summed E-state index contributed by atoms with van der Waals surface area (Å²) in [5, 5.41) is 0.428. The second kappa shape index (κ2) is 9.69. The number of ether oxygens (including phenoxy) is 2. The van der Waals surface area contributed by atoms with Gasteiger partial charge in [-0.1, -0.05) is 30.7 Å². The molecule has 0 unspecified atom stereocenters. The number of rotatable bonds is 7. The molecule has 0 aliphatic carbocycles. The molecule has 0 aromatic heterocycles. The Bertz CT molecular complexity index is 962. The van der Waals surface area contributed by atoms with Gasteiger partial charge in [0.25, 0.3) is 11.1 Å². The Morgan fingerprint density at radius 3 is 2.59 bits per heavy atom. The maximum absolute atomic E-state index is 12.4. The summed E-state index contributed by atoms with van der Waals surface area (Å²) in [7, 11) is 1.55. The summed E-state index contributed by atoms with van der Waals surface area (Å²) in [6, 6.07) is 11.0. The third-order valence-corrected chi connectivity index (χ3v) is 5.92. The maximum atomic E-state index is 12.4. The van der Waals surface area contributed by atoms with E-state index in [4.69, 9.17) is 21.1 Å². The highest BCUT2D eigenvalue weighted by atomic mass is 79.9. The monoisotopic (exact) mass is 495 g/mol. The first-order valence-electron chi connectivity index (χ1n) is 8.93. The second-order valence-electron chi connectivity index (χ2n) is 6.28. The molecule has 152 valence electrons. The van der Waals surface area contributed by atoms with Crippen LogP contribution in [0.3, 0.4) is 0 Å². The predicted octanol–water partition coefficient (Wildman–Crippen LogP) is 6.14. The van der Waals surface area contributed by atoms with Crippen LogP contribution in [0.5, 0.6) is 11.5 Å². The zero-order chi connectivity index (χ0) is 21.0. The van der Waals surface area contributed by atoms with Crippen molar-refractivity contribution in [3.05, 3.63) is 61.9 Å². The van der Waals surface area contributed by atoms with Crippen LogP contribution in [0.15, 0.2) is 45.8 Å². The molecule has 0 radical (unpaired) electrons. The Kier molecular flexibility index (Phi) is 7.27. The molecule has 1 fully saturated rings. The molecule has 0 spiro atoms. The molecule has 1 saturated heterocycles. The van der Waals surface area contributed by atoms with Crippen molar-refractivity contribution in [1.82, 2.24) is 4.90 Å². The van der Waals surface area contributed by atoms with Crippen molar-refractivity contribution in [2.45, 2.75) is 20.0 Å². The number of nitrogens with zero attached hydrogens (tertiary/aromatic N) is 1. The van der Waals surface area contributed by atoms with Crippen LogP contribution >= 0.6 is 39.3 Å². The van der Waals surface area contributed by atoms with Gasteiger partial charge in [0.1, 0.15) is 6.61 Å². The number of benzene rings is 2. The molecule has 0 saturated carbocycles. The summed E-state index contributed by atoms with van der Waals surface area (Å²) < 4.78 is 12.1. The summed E-state index contributed by atoms with van der Waals surface area (Å²) in [5.41, 5.74) is 1.70. The van der Waals surface area contributed by atoms with Gasteiger partial charge in [-0.15, -0.1) is 0 Å². The van der Waals surface area contributed by atoms with Crippen LogP contribution in [0.2, 0.25) is 5.02 Å². The minimum Gasteiger partial charge on any atom is -0.493 e. The molecule has 8 heteroatoms. The number of methoxy groups -OCH3 is 1. The summed E-state index contributed by atoms with van der Waals surface area (Å²) in [6.45, 7) is 2.70. The first kappa shape index (κ1) is 21.7. The van der Waals surface area contributed by atoms with E-state index in [2.05, 4.69) is 15.9 Å². The second-order valence-corrected chi connectivity index (χ2v) is 8.57. The van der Waals surface area contributed by atoms with Crippen molar-refractivity contribution in [3.63, 3.8) is 0 Å².